The molecule has 1 N–H and O–H groups in total. The molecule has 0 spiro atoms. The van der Waals surface area contributed by atoms with Gasteiger partial charge in [-0.15, -0.1) is 0 Å². The molecule has 4 aromatic rings. The van der Waals surface area contributed by atoms with Gasteiger partial charge in [0.05, 0.1) is 10.6 Å². The Morgan fingerprint density at radius 1 is 0.795 bits per heavy atom. The number of aryl methyl sites for hydroxylation is 2. The fourth-order valence-electron chi connectivity index (χ4n) is 5.08. The average molecular weight is 612 g/mol. The van der Waals surface area contributed by atoms with Crippen LogP contribution in [-0.2, 0) is 32.6 Å². The van der Waals surface area contributed by atoms with Crippen molar-refractivity contribution in [2.45, 2.75) is 57.5 Å². The molecule has 1 atom stereocenters. The number of anilines is 1. The van der Waals surface area contributed by atoms with Crippen molar-refractivity contribution in [3.05, 3.63) is 131 Å². The van der Waals surface area contributed by atoms with Crippen LogP contribution in [0.3, 0.4) is 0 Å². The van der Waals surface area contributed by atoms with Crippen LogP contribution in [0, 0.1) is 13.8 Å². The molecule has 8 heteroatoms. The summed E-state index contributed by atoms with van der Waals surface area (Å²) in [7, 11) is -2.60. The Morgan fingerprint density at radius 2 is 1.41 bits per heavy atom. The number of rotatable bonds is 12. The summed E-state index contributed by atoms with van der Waals surface area (Å²) in [6.07, 6.45) is 0.270. The monoisotopic (exact) mass is 611 g/mol. The number of sulfonamides is 1. The zero-order valence-electron chi connectivity index (χ0n) is 26.0. The van der Waals surface area contributed by atoms with Crippen LogP contribution in [-0.4, -0.2) is 44.8 Å². The highest BCUT2D eigenvalue weighted by atomic mass is 32.2. The van der Waals surface area contributed by atoms with Crippen molar-refractivity contribution >= 4 is 27.5 Å². The molecular weight excluding hydrogens is 570 g/mol. The molecular formula is C36H41N3O4S. The predicted octanol–water partition coefficient (Wildman–Crippen LogP) is 6.01. The quantitative estimate of drug-likeness (QED) is 0.213. The van der Waals surface area contributed by atoms with Gasteiger partial charge in [0.1, 0.15) is 12.6 Å². The molecule has 4 aromatic carbocycles. The molecule has 44 heavy (non-hydrogen) atoms. The highest BCUT2D eigenvalue weighted by molar-refractivity contribution is 7.92. The minimum absolute atomic E-state index is 0.0847. The lowest BCUT2D eigenvalue weighted by Crippen LogP contribution is -2.53. The topological polar surface area (TPSA) is 86.8 Å². The fourth-order valence-corrected chi connectivity index (χ4v) is 6.50. The predicted molar refractivity (Wildman–Crippen MR) is 176 cm³/mol. The average Bonchev–Trinajstić information content (AvgIpc) is 3.02. The van der Waals surface area contributed by atoms with E-state index in [4.69, 9.17) is 0 Å². The first-order valence-corrected chi connectivity index (χ1v) is 16.2. The molecule has 4 rings (SSSR count). The van der Waals surface area contributed by atoms with Crippen molar-refractivity contribution in [1.29, 1.82) is 0 Å². The van der Waals surface area contributed by atoms with E-state index in [1.54, 1.807) is 43.4 Å². The molecule has 0 aliphatic carbocycles. The second kappa shape index (κ2) is 14.4. The van der Waals surface area contributed by atoms with Gasteiger partial charge < -0.3 is 10.2 Å². The first-order valence-electron chi connectivity index (χ1n) is 14.8. The van der Waals surface area contributed by atoms with Gasteiger partial charge in [-0.1, -0.05) is 98.3 Å². The van der Waals surface area contributed by atoms with E-state index in [9.17, 15) is 18.0 Å². The molecule has 0 bridgehead atoms. The number of likely N-dealkylation sites (N-methyl/N-ethyl adjacent to an activating group) is 1. The van der Waals surface area contributed by atoms with Crippen molar-refractivity contribution in [3.63, 3.8) is 0 Å². The lowest BCUT2D eigenvalue weighted by molar-refractivity contribution is -0.139. The zero-order chi connectivity index (χ0) is 31.9. The summed E-state index contributed by atoms with van der Waals surface area (Å²) in [6.45, 7) is 7.63. The highest BCUT2D eigenvalue weighted by Gasteiger charge is 2.34. The number of nitrogens with one attached hydrogen (secondary N) is 1. The number of carbonyl (C=O) groups excluding carboxylic acids is 2. The van der Waals surface area contributed by atoms with Crippen molar-refractivity contribution in [2.24, 2.45) is 0 Å². The Balaban J connectivity index is 1.80. The lowest BCUT2D eigenvalue weighted by Gasteiger charge is -2.34. The van der Waals surface area contributed by atoms with Crippen LogP contribution in [0.5, 0.6) is 0 Å². The number of benzene rings is 4. The van der Waals surface area contributed by atoms with Gasteiger partial charge in [-0.05, 0) is 66.3 Å². The first kappa shape index (κ1) is 32.5. The Morgan fingerprint density at radius 3 is 2.00 bits per heavy atom. The Bertz CT molecular complexity index is 1670. The second-order valence-corrected chi connectivity index (χ2v) is 13.2. The molecule has 0 radical (unpaired) electrons. The maximum absolute atomic E-state index is 14.4. The van der Waals surface area contributed by atoms with Gasteiger partial charge >= 0.3 is 0 Å². The van der Waals surface area contributed by atoms with Gasteiger partial charge in [-0.25, -0.2) is 8.42 Å². The minimum atomic E-state index is -4.14. The third-order valence-electron chi connectivity index (χ3n) is 7.86. The standard InChI is InChI=1S/C36H41N3O4S/c1-26(2)30-17-19-32(20-18-30)39(44(42,43)33-21-15-27(3)16-22-33)25-35(40)38(24-31-14-10-9-11-28(31)4)34(36(41)37-5)23-29-12-7-6-8-13-29/h6-22,26,34H,23-25H2,1-5H3,(H,37,41)/t34-/m0/s1. The highest BCUT2D eigenvalue weighted by Crippen LogP contribution is 2.27. The summed E-state index contributed by atoms with van der Waals surface area (Å²) in [6, 6.07) is 30.1. The molecule has 0 heterocycles. The molecule has 0 aliphatic heterocycles. The molecule has 0 fully saturated rings. The Kier molecular flexibility index (Phi) is 10.6. The van der Waals surface area contributed by atoms with E-state index in [0.717, 1.165) is 32.1 Å². The molecule has 2 amide bonds. The van der Waals surface area contributed by atoms with Crippen LogP contribution in [0.4, 0.5) is 5.69 Å². The molecule has 0 saturated heterocycles. The number of nitrogens with zero attached hydrogens (tertiary/aromatic N) is 2. The van der Waals surface area contributed by atoms with Gasteiger partial charge in [-0.3, -0.25) is 13.9 Å². The van der Waals surface area contributed by atoms with Crippen molar-refractivity contribution < 1.29 is 18.0 Å². The maximum atomic E-state index is 14.4. The van der Waals surface area contributed by atoms with Gasteiger partial charge in [-0.2, -0.15) is 0 Å². The number of hydrogen-bond donors (Lipinski definition) is 1. The van der Waals surface area contributed by atoms with Crippen molar-refractivity contribution in [3.8, 4) is 0 Å². The molecule has 0 saturated carbocycles. The Labute approximate surface area is 261 Å². The summed E-state index contributed by atoms with van der Waals surface area (Å²) in [5, 5.41) is 2.72. The van der Waals surface area contributed by atoms with Crippen molar-refractivity contribution in [1.82, 2.24) is 10.2 Å². The summed E-state index contributed by atoms with van der Waals surface area (Å²) in [4.78, 5) is 29.4. The Hall–Kier alpha value is -4.43. The SMILES string of the molecule is CNC(=O)[C@H](Cc1ccccc1)N(Cc1ccccc1C)C(=O)CN(c1ccc(C(C)C)cc1)S(=O)(=O)c1ccc(C)cc1. The summed E-state index contributed by atoms with van der Waals surface area (Å²) < 4.78 is 29.5. The first-order chi connectivity index (χ1) is 21.0. The third kappa shape index (κ3) is 7.74. The lowest BCUT2D eigenvalue weighted by atomic mass is 10.0. The molecule has 7 nitrogen and oxygen atoms in total. The van der Waals surface area contributed by atoms with E-state index >= 15 is 0 Å². The van der Waals surface area contributed by atoms with Crippen LogP contribution < -0.4 is 9.62 Å². The van der Waals surface area contributed by atoms with E-state index in [-0.39, 0.29) is 29.7 Å². The van der Waals surface area contributed by atoms with Crippen LogP contribution >= 0.6 is 0 Å². The smallest absolute Gasteiger partial charge is 0.264 e. The molecule has 230 valence electrons. The summed E-state index contributed by atoms with van der Waals surface area (Å²) in [5.41, 5.74) is 5.07. The molecule has 0 unspecified atom stereocenters. The van der Waals surface area contributed by atoms with Gasteiger partial charge in [0.25, 0.3) is 10.0 Å². The van der Waals surface area contributed by atoms with E-state index in [1.807, 2.05) is 80.6 Å². The minimum Gasteiger partial charge on any atom is -0.357 e. The number of amides is 2. The molecule has 0 aromatic heterocycles. The van der Waals surface area contributed by atoms with Crippen LogP contribution in [0.2, 0.25) is 0 Å². The molecule has 0 aliphatic rings. The van der Waals surface area contributed by atoms with Crippen molar-refractivity contribution in [2.75, 3.05) is 17.9 Å². The van der Waals surface area contributed by atoms with Crippen LogP contribution in [0.1, 0.15) is 47.6 Å². The van der Waals surface area contributed by atoms with Crippen LogP contribution in [0.25, 0.3) is 0 Å². The van der Waals surface area contributed by atoms with Gasteiger partial charge in [0.15, 0.2) is 0 Å². The second-order valence-electron chi connectivity index (χ2n) is 11.3. The van der Waals surface area contributed by atoms with E-state index < -0.39 is 28.5 Å². The zero-order valence-corrected chi connectivity index (χ0v) is 26.8. The van der Waals surface area contributed by atoms with Gasteiger partial charge in [0.2, 0.25) is 11.8 Å². The van der Waals surface area contributed by atoms with E-state index in [0.29, 0.717) is 5.69 Å². The number of carbonyl (C=O) groups is 2. The fraction of sp³-hybridized carbons (Fsp3) is 0.278. The van der Waals surface area contributed by atoms with Crippen LogP contribution in [0.15, 0.2) is 108 Å². The van der Waals surface area contributed by atoms with E-state index in [1.165, 1.54) is 4.90 Å². The number of hydrogen-bond acceptors (Lipinski definition) is 4. The summed E-state index contributed by atoms with van der Waals surface area (Å²) >= 11 is 0. The normalized spacial score (nSPS) is 12.0. The summed E-state index contributed by atoms with van der Waals surface area (Å²) in [5.74, 6) is -0.560. The maximum Gasteiger partial charge on any atom is 0.264 e. The largest absolute Gasteiger partial charge is 0.357 e. The van der Waals surface area contributed by atoms with E-state index in [2.05, 4.69) is 19.2 Å². The third-order valence-corrected chi connectivity index (χ3v) is 9.64. The van der Waals surface area contributed by atoms with Gasteiger partial charge in [0, 0.05) is 20.0 Å².